The summed E-state index contributed by atoms with van der Waals surface area (Å²) in [5, 5.41) is 11.6. The molecule has 0 heterocycles. The second-order valence-corrected chi connectivity index (χ2v) is 3.98. The monoisotopic (exact) mass is 266 g/mol. The third kappa shape index (κ3) is 5.39. The molecular weight excluding hydrogens is 248 g/mol. The molecule has 0 aliphatic rings. The number of amides is 2. The van der Waals surface area contributed by atoms with E-state index < -0.39 is 12.0 Å². The second-order valence-electron chi connectivity index (χ2n) is 3.98. The molecule has 0 aliphatic heterocycles. The first-order valence-electron chi connectivity index (χ1n) is 5.98. The van der Waals surface area contributed by atoms with Crippen LogP contribution in [0, 0.1) is 0 Å². The summed E-state index contributed by atoms with van der Waals surface area (Å²) < 4.78 is 5.29. The van der Waals surface area contributed by atoms with E-state index in [0.717, 1.165) is 11.3 Å². The van der Waals surface area contributed by atoms with Gasteiger partial charge >= 0.3 is 0 Å². The molecule has 1 aromatic rings. The molecule has 0 fully saturated rings. The van der Waals surface area contributed by atoms with Crippen molar-refractivity contribution in [2.24, 2.45) is 5.73 Å². The van der Waals surface area contributed by atoms with Crippen LogP contribution < -0.4 is 15.8 Å². The maximum atomic E-state index is 11.5. The van der Waals surface area contributed by atoms with Crippen molar-refractivity contribution < 1.29 is 19.4 Å². The first-order valence-corrected chi connectivity index (χ1v) is 5.98. The van der Waals surface area contributed by atoms with Crippen molar-refractivity contribution in [2.75, 3.05) is 13.2 Å². The van der Waals surface area contributed by atoms with Gasteiger partial charge in [-0.3, -0.25) is 9.59 Å². The van der Waals surface area contributed by atoms with Gasteiger partial charge in [0.2, 0.25) is 11.8 Å². The summed E-state index contributed by atoms with van der Waals surface area (Å²) in [6, 6.07) is 7.14. The number of nitrogens with two attached hydrogens (primary N) is 1. The normalized spacial score (nSPS) is 11.7. The predicted octanol–water partition coefficient (Wildman–Crippen LogP) is -0.410. The molecule has 1 atom stereocenters. The zero-order valence-corrected chi connectivity index (χ0v) is 10.8. The molecular formula is C13H18N2O4. The Balaban J connectivity index is 2.41. The third-order valence-corrected chi connectivity index (χ3v) is 2.42. The summed E-state index contributed by atoms with van der Waals surface area (Å²) in [5.74, 6) is -0.401. The molecule has 4 N–H and O–H groups in total. The molecule has 6 nitrogen and oxygen atoms in total. The molecule has 19 heavy (non-hydrogen) atoms. The Morgan fingerprint density at radius 1 is 1.37 bits per heavy atom. The fraction of sp³-hybridized carbons (Fsp3) is 0.385. The van der Waals surface area contributed by atoms with Crippen molar-refractivity contribution in [3.63, 3.8) is 0 Å². The van der Waals surface area contributed by atoms with Crippen molar-refractivity contribution in [1.82, 2.24) is 5.32 Å². The minimum Gasteiger partial charge on any atom is -0.494 e. The molecule has 1 rings (SSSR count). The van der Waals surface area contributed by atoms with Crippen LogP contribution in [0.2, 0.25) is 0 Å². The summed E-state index contributed by atoms with van der Waals surface area (Å²) >= 11 is 0. The Labute approximate surface area is 111 Å². The van der Waals surface area contributed by atoms with Crippen molar-refractivity contribution in [3.05, 3.63) is 29.8 Å². The molecule has 0 spiro atoms. The van der Waals surface area contributed by atoms with Gasteiger partial charge in [-0.05, 0) is 24.6 Å². The third-order valence-electron chi connectivity index (χ3n) is 2.42. The molecule has 2 amide bonds. The Kier molecular flexibility index (Phi) is 5.81. The number of primary amides is 1. The SMILES string of the molecule is CCOc1ccc(CC(=O)NCC(O)C(N)=O)cc1. The van der Waals surface area contributed by atoms with Crippen LogP contribution in [0.1, 0.15) is 12.5 Å². The summed E-state index contributed by atoms with van der Waals surface area (Å²) in [5.41, 5.74) is 5.68. The van der Waals surface area contributed by atoms with Crippen molar-refractivity contribution in [2.45, 2.75) is 19.4 Å². The fourth-order valence-electron chi connectivity index (χ4n) is 1.43. The zero-order chi connectivity index (χ0) is 14.3. The molecule has 1 aromatic carbocycles. The van der Waals surface area contributed by atoms with Gasteiger partial charge < -0.3 is 20.9 Å². The van der Waals surface area contributed by atoms with Gasteiger partial charge in [-0.25, -0.2) is 0 Å². The maximum absolute atomic E-state index is 11.5. The Morgan fingerprint density at radius 3 is 2.53 bits per heavy atom. The van der Waals surface area contributed by atoms with Crippen molar-refractivity contribution in [1.29, 1.82) is 0 Å². The molecule has 1 unspecified atom stereocenters. The lowest BCUT2D eigenvalue weighted by atomic mass is 10.1. The smallest absolute Gasteiger partial charge is 0.248 e. The number of rotatable bonds is 7. The highest BCUT2D eigenvalue weighted by Crippen LogP contribution is 2.12. The van der Waals surface area contributed by atoms with Crippen LogP contribution in [0.4, 0.5) is 0 Å². The van der Waals surface area contributed by atoms with Gasteiger partial charge in [0.25, 0.3) is 0 Å². The number of carbonyl (C=O) groups is 2. The number of aliphatic hydroxyl groups excluding tert-OH is 1. The predicted molar refractivity (Wildman–Crippen MR) is 69.5 cm³/mol. The van der Waals surface area contributed by atoms with Crippen molar-refractivity contribution in [3.8, 4) is 5.75 Å². The minimum atomic E-state index is -1.36. The quantitative estimate of drug-likeness (QED) is 0.624. The average molecular weight is 266 g/mol. The van der Waals surface area contributed by atoms with E-state index in [0.29, 0.717) is 6.61 Å². The first kappa shape index (κ1) is 15.0. The largest absolute Gasteiger partial charge is 0.494 e. The molecule has 0 bridgehead atoms. The van der Waals surface area contributed by atoms with E-state index >= 15 is 0 Å². The molecule has 0 radical (unpaired) electrons. The first-order chi connectivity index (χ1) is 9.02. The highest BCUT2D eigenvalue weighted by molar-refractivity contribution is 5.81. The Morgan fingerprint density at radius 2 is 2.00 bits per heavy atom. The standard InChI is InChI=1S/C13H18N2O4/c1-2-19-10-5-3-9(4-6-10)7-12(17)15-8-11(16)13(14)18/h3-6,11,16H,2,7-8H2,1H3,(H2,14,18)(H,15,17). The average Bonchev–Trinajstić information content (AvgIpc) is 2.38. The highest BCUT2D eigenvalue weighted by atomic mass is 16.5. The van der Waals surface area contributed by atoms with Crippen molar-refractivity contribution >= 4 is 11.8 Å². The van der Waals surface area contributed by atoms with Gasteiger partial charge in [0.15, 0.2) is 0 Å². The number of hydrogen-bond acceptors (Lipinski definition) is 4. The number of aliphatic hydroxyl groups is 1. The van der Waals surface area contributed by atoms with Gasteiger partial charge in [0, 0.05) is 0 Å². The van der Waals surface area contributed by atoms with E-state index in [2.05, 4.69) is 5.32 Å². The van der Waals surface area contributed by atoms with Crippen LogP contribution in [0.25, 0.3) is 0 Å². The van der Waals surface area contributed by atoms with E-state index in [4.69, 9.17) is 15.6 Å². The lowest BCUT2D eigenvalue weighted by molar-refractivity contribution is -0.126. The summed E-state index contributed by atoms with van der Waals surface area (Å²) in [4.78, 5) is 22.1. The van der Waals surface area contributed by atoms with E-state index in [1.165, 1.54) is 0 Å². The topological polar surface area (TPSA) is 102 Å². The molecule has 0 saturated heterocycles. The van der Waals surface area contributed by atoms with Gasteiger partial charge in [0.05, 0.1) is 19.6 Å². The second kappa shape index (κ2) is 7.38. The van der Waals surface area contributed by atoms with Crippen LogP contribution in [0.5, 0.6) is 5.75 Å². The zero-order valence-electron chi connectivity index (χ0n) is 10.8. The van der Waals surface area contributed by atoms with Gasteiger partial charge in [-0.1, -0.05) is 12.1 Å². The number of benzene rings is 1. The van der Waals surface area contributed by atoms with Crippen LogP contribution >= 0.6 is 0 Å². The highest BCUT2D eigenvalue weighted by Gasteiger charge is 2.12. The van der Waals surface area contributed by atoms with E-state index in [1.807, 2.05) is 6.92 Å². The molecule has 6 heteroatoms. The lowest BCUT2D eigenvalue weighted by Gasteiger charge is -2.09. The van der Waals surface area contributed by atoms with Crippen LogP contribution in [-0.4, -0.2) is 36.2 Å². The lowest BCUT2D eigenvalue weighted by Crippen LogP contribution is -2.40. The number of nitrogens with one attached hydrogen (secondary N) is 1. The van der Waals surface area contributed by atoms with E-state index in [-0.39, 0.29) is 18.9 Å². The number of carbonyl (C=O) groups excluding carboxylic acids is 2. The van der Waals surface area contributed by atoms with Crippen LogP contribution in [0.15, 0.2) is 24.3 Å². The molecule has 0 saturated carbocycles. The van der Waals surface area contributed by atoms with Gasteiger partial charge in [0.1, 0.15) is 11.9 Å². The Bertz CT molecular complexity index is 431. The number of hydrogen-bond donors (Lipinski definition) is 3. The summed E-state index contributed by atoms with van der Waals surface area (Å²) in [6.45, 7) is 2.31. The minimum absolute atomic E-state index is 0.165. The summed E-state index contributed by atoms with van der Waals surface area (Å²) in [7, 11) is 0. The van der Waals surface area contributed by atoms with E-state index in [9.17, 15) is 9.59 Å². The van der Waals surface area contributed by atoms with Crippen LogP contribution in [0.3, 0.4) is 0 Å². The summed E-state index contributed by atoms with van der Waals surface area (Å²) in [6.07, 6.45) is -1.19. The maximum Gasteiger partial charge on any atom is 0.248 e. The van der Waals surface area contributed by atoms with E-state index in [1.54, 1.807) is 24.3 Å². The molecule has 104 valence electrons. The number of ether oxygens (including phenoxy) is 1. The van der Waals surface area contributed by atoms with Crippen LogP contribution in [-0.2, 0) is 16.0 Å². The van der Waals surface area contributed by atoms with Gasteiger partial charge in [-0.15, -0.1) is 0 Å². The Hall–Kier alpha value is -2.08. The fourth-order valence-corrected chi connectivity index (χ4v) is 1.43. The molecule has 0 aliphatic carbocycles. The van der Waals surface area contributed by atoms with Gasteiger partial charge in [-0.2, -0.15) is 0 Å². The molecule has 0 aromatic heterocycles.